The first-order valence-corrected chi connectivity index (χ1v) is 9.25. The Labute approximate surface area is 159 Å². The lowest BCUT2D eigenvalue weighted by Crippen LogP contribution is -2.31. The van der Waals surface area contributed by atoms with Crippen molar-refractivity contribution in [1.29, 1.82) is 0 Å². The van der Waals surface area contributed by atoms with Gasteiger partial charge in [-0.25, -0.2) is 4.98 Å². The van der Waals surface area contributed by atoms with Crippen molar-refractivity contribution in [3.8, 4) is 11.3 Å². The van der Waals surface area contributed by atoms with Gasteiger partial charge in [0.15, 0.2) is 4.96 Å². The number of hydrogen-bond donors (Lipinski definition) is 1. The van der Waals surface area contributed by atoms with Gasteiger partial charge in [-0.15, -0.1) is 11.3 Å². The lowest BCUT2D eigenvalue weighted by molar-refractivity contribution is 0.0949. The second kappa shape index (κ2) is 7.13. The zero-order valence-corrected chi connectivity index (χ0v) is 15.4. The molecule has 0 unspecified atom stereocenters. The van der Waals surface area contributed by atoms with Crippen LogP contribution < -0.4 is 10.9 Å². The summed E-state index contributed by atoms with van der Waals surface area (Å²) in [5.41, 5.74) is 3.27. The fraction of sp³-hybridized carbons (Fsp3) is 0.100. The third-order valence-corrected chi connectivity index (χ3v) is 5.05. The number of benzene rings is 1. The molecular weight excluding hydrogens is 360 g/mol. The number of carbonyl (C=O) groups excluding carboxylic acids is 1. The summed E-state index contributed by atoms with van der Waals surface area (Å²) in [5, 5.41) is 4.63. The lowest BCUT2D eigenvalue weighted by Gasteiger charge is -2.06. The number of fused-ring (bicyclic) bond motifs is 1. The quantitative estimate of drug-likeness (QED) is 0.594. The number of rotatable bonds is 4. The van der Waals surface area contributed by atoms with E-state index in [1.807, 2.05) is 42.6 Å². The van der Waals surface area contributed by atoms with Crippen LogP contribution in [0.25, 0.3) is 16.2 Å². The minimum Gasteiger partial charge on any atom is -0.348 e. The smallest absolute Gasteiger partial charge is 0.271 e. The van der Waals surface area contributed by atoms with Crippen LogP contribution in [0.4, 0.5) is 0 Å². The second-order valence-corrected chi connectivity index (χ2v) is 6.96. The van der Waals surface area contributed by atoms with Crippen molar-refractivity contribution in [3.05, 3.63) is 87.4 Å². The SMILES string of the molecule is Cc1ccc(-c2csc3ncc(C(=O)NCc4cccnc4)c(=O)n23)cc1. The number of carbonyl (C=O) groups is 1. The molecule has 27 heavy (non-hydrogen) atoms. The van der Waals surface area contributed by atoms with Crippen molar-refractivity contribution in [2.24, 2.45) is 0 Å². The fourth-order valence-electron chi connectivity index (χ4n) is 2.75. The van der Waals surface area contributed by atoms with E-state index in [4.69, 9.17) is 0 Å². The molecule has 0 radical (unpaired) electrons. The highest BCUT2D eigenvalue weighted by atomic mass is 32.1. The predicted octanol–water partition coefficient (Wildman–Crippen LogP) is 3.06. The summed E-state index contributed by atoms with van der Waals surface area (Å²) < 4.78 is 1.49. The molecule has 0 atom stereocenters. The molecule has 6 nitrogen and oxygen atoms in total. The highest BCUT2D eigenvalue weighted by Crippen LogP contribution is 2.24. The van der Waals surface area contributed by atoms with E-state index < -0.39 is 5.91 Å². The van der Waals surface area contributed by atoms with Crippen LogP contribution in [-0.2, 0) is 6.54 Å². The first-order chi connectivity index (χ1) is 13.1. The van der Waals surface area contributed by atoms with Gasteiger partial charge in [0.2, 0.25) is 0 Å². The molecule has 0 aliphatic heterocycles. The van der Waals surface area contributed by atoms with Crippen LogP contribution in [0.2, 0.25) is 0 Å². The summed E-state index contributed by atoms with van der Waals surface area (Å²) in [5.74, 6) is -0.452. The van der Waals surface area contributed by atoms with Gasteiger partial charge in [-0.05, 0) is 24.1 Å². The molecule has 0 saturated heterocycles. The highest BCUT2D eigenvalue weighted by Gasteiger charge is 2.17. The molecule has 1 amide bonds. The van der Waals surface area contributed by atoms with E-state index in [0.717, 1.165) is 22.4 Å². The molecule has 3 heterocycles. The van der Waals surface area contributed by atoms with E-state index in [-0.39, 0.29) is 11.1 Å². The van der Waals surface area contributed by atoms with Crippen molar-refractivity contribution >= 4 is 22.2 Å². The standard InChI is InChI=1S/C20H16N4O2S/c1-13-4-6-15(7-5-13)17-12-27-20-23-11-16(19(26)24(17)20)18(25)22-10-14-3-2-8-21-9-14/h2-9,11-12H,10H2,1H3,(H,22,25). The summed E-state index contributed by atoms with van der Waals surface area (Å²) in [6.07, 6.45) is 4.67. The van der Waals surface area contributed by atoms with Crippen molar-refractivity contribution in [3.63, 3.8) is 0 Å². The average Bonchev–Trinajstić information content (AvgIpc) is 3.13. The Hall–Kier alpha value is -3.32. The third kappa shape index (κ3) is 3.37. The molecule has 0 aliphatic carbocycles. The van der Waals surface area contributed by atoms with E-state index in [1.165, 1.54) is 21.9 Å². The summed E-state index contributed by atoms with van der Waals surface area (Å²) in [4.78, 5) is 34.3. The van der Waals surface area contributed by atoms with Crippen LogP contribution in [-0.4, -0.2) is 20.3 Å². The molecular formula is C20H16N4O2S. The average molecular weight is 376 g/mol. The van der Waals surface area contributed by atoms with Crippen LogP contribution in [0, 0.1) is 6.92 Å². The molecule has 1 aromatic carbocycles. The maximum absolute atomic E-state index is 13.0. The molecule has 0 saturated carbocycles. The molecule has 7 heteroatoms. The summed E-state index contributed by atoms with van der Waals surface area (Å²) in [6, 6.07) is 11.5. The number of aryl methyl sites for hydroxylation is 1. The monoisotopic (exact) mass is 376 g/mol. The summed E-state index contributed by atoms with van der Waals surface area (Å²) >= 11 is 1.37. The van der Waals surface area contributed by atoms with Crippen LogP contribution in [0.5, 0.6) is 0 Å². The highest BCUT2D eigenvalue weighted by molar-refractivity contribution is 7.15. The zero-order valence-electron chi connectivity index (χ0n) is 14.5. The van der Waals surface area contributed by atoms with E-state index in [1.54, 1.807) is 18.5 Å². The number of amides is 1. The van der Waals surface area contributed by atoms with Gasteiger partial charge in [0.1, 0.15) is 5.56 Å². The molecule has 4 aromatic rings. The Morgan fingerprint density at radius 3 is 2.74 bits per heavy atom. The van der Waals surface area contributed by atoms with Crippen molar-refractivity contribution in [2.75, 3.05) is 0 Å². The molecule has 0 spiro atoms. The van der Waals surface area contributed by atoms with Crippen LogP contribution in [0.15, 0.2) is 65.2 Å². The van der Waals surface area contributed by atoms with Gasteiger partial charge in [-0.2, -0.15) is 0 Å². The minimum absolute atomic E-state index is 0.0168. The minimum atomic E-state index is -0.452. The van der Waals surface area contributed by atoms with Crippen LogP contribution in [0.3, 0.4) is 0 Å². The molecule has 3 aromatic heterocycles. The van der Waals surface area contributed by atoms with Crippen LogP contribution in [0.1, 0.15) is 21.5 Å². The molecule has 0 fully saturated rings. The number of hydrogen-bond acceptors (Lipinski definition) is 5. The molecule has 1 N–H and O–H groups in total. The second-order valence-electron chi connectivity index (χ2n) is 6.13. The van der Waals surface area contributed by atoms with Gasteiger partial charge in [-0.1, -0.05) is 35.9 Å². The number of nitrogens with zero attached hydrogens (tertiary/aromatic N) is 3. The van der Waals surface area contributed by atoms with Crippen LogP contribution >= 0.6 is 11.3 Å². The van der Waals surface area contributed by atoms with Crippen molar-refractivity contribution < 1.29 is 4.79 Å². The van der Waals surface area contributed by atoms with Gasteiger partial charge in [0, 0.05) is 30.5 Å². The molecule has 134 valence electrons. The largest absolute Gasteiger partial charge is 0.348 e. The van der Waals surface area contributed by atoms with Gasteiger partial charge in [-0.3, -0.25) is 19.0 Å². The Bertz CT molecular complexity index is 1160. The Balaban J connectivity index is 1.69. The van der Waals surface area contributed by atoms with E-state index in [9.17, 15) is 9.59 Å². The first-order valence-electron chi connectivity index (χ1n) is 8.37. The topological polar surface area (TPSA) is 76.4 Å². The summed E-state index contributed by atoms with van der Waals surface area (Å²) in [6.45, 7) is 2.30. The Morgan fingerprint density at radius 1 is 1.19 bits per heavy atom. The number of thiazole rings is 1. The lowest BCUT2D eigenvalue weighted by atomic mass is 10.1. The maximum Gasteiger partial charge on any atom is 0.271 e. The van der Waals surface area contributed by atoms with Gasteiger partial charge in [0.25, 0.3) is 11.5 Å². The van der Waals surface area contributed by atoms with Gasteiger partial charge in [0.05, 0.1) is 5.69 Å². The first kappa shape index (κ1) is 17.1. The summed E-state index contributed by atoms with van der Waals surface area (Å²) in [7, 11) is 0. The Kier molecular flexibility index (Phi) is 4.52. The zero-order chi connectivity index (χ0) is 18.8. The van der Waals surface area contributed by atoms with E-state index in [0.29, 0.717) is 11.5 Å². The van der Waals surface area contributed by atoms with E-state index in [2.05, 4.69) is 15.3 Å². The van der Waals surface area contributed by atoms with Crippen molar-refractivity contribution in [2.45, 2.75) is 13.5 Å². The Morgan fingerprint density at radius 2 is 2.00 bits per heavy atom. The number of nitrogens with one attached hydrogen (secondary N) is 1. The van der Waals surface area contributed by atoms with Gasteiger partial charge >= 0.3 is 0 Å². The predicted molar refractivity (Wildman–Crippen MR) is 105 cm³/mol. The fourth-order valence-corrected chi connectivity index (χ4v) is 3.61. The normalized spacial score (nSPS) is 10.9. The maximum atomic E-state index is 13.0. The third-order valence-electron chi connectivity index (χ3n) is 4.21. The van der Waals surface area contributed by atoms with E-state index >= 15 is 0 Å². The molecule has 0 aliphatic rings. The van der Waals surface area contributed by atoms with Gasteiger partial charge < -0.3 is 5.32 Å². The van der Waals surface area contributed by atoms with Crippen molar-refractivity contribution in [1.82, 2.24) is 19.7 Å². The number of pyridine rings is 1. The number of aromatic nitrogens is 3. The molecule has 4 rings (SSSR count). The molecule has 0 bridgehead atoms.